The number of rotatable bonds is 3. The van der Waals surface area contributed by atoms with Crippen LogP contribution in [0.2, 0.25) is 0 Å². The number of likely N-dealkylation sites (N-methyl/N-ethyl adjacent to an activating group) is 1. The summed E-state index contributed by atoms with van der Waals surface area (Å²) < 4.78 is 0. The molecule has 1 aromatic heterocycles. The first-order chi connectivity index (χ1) is 7.25. The minimum atomic E-state index is -0.252. The number of nitrogens with one attached hydrogen (secondary N) is 1. The fourth-order valence-corrected chi connectivity index (χ4v) is 1.56. The number of hydrogen-bond donors (Lipinski definition) is 1. The molecule has 2 amide bonds. The predicted octanol–water partition coefficient (Wildman–Crippen LogP) is -0.103. The molecule has 0 saturated carbocycles. The maximum Gasteiger partial charge on any atom is 0.263 e. The van der Waals surface area contributed by atoms with Crippen molar-refractivity contribution in [3.8, 4) is 0 Å². The van der Waals surface area contributed by atoms with Crippen LogP contribution in [-0.4, -0.2) is 41.8 Å². The van der Waals surface area contributed by atoms with Crippen LogP contribution in [0.5, 0.6) is 0 Å². The molecule has 1 aromatic rings. The molecular formula is C10H11N3O2. The van der Waals surface area contributed by atoms with Crippen molar-refractivity contribution in [3.05, 3.63) is 29.6 Å². The van der Waals surface area contributed by atoms with E-state index in [1.54, 1.807) is 13.1 Å². The lowest BCUT2D eigenvalue weighted by molar-refractivity contribution is 0.0656. The SMILES string of the molecule is CNCCN1C(=O)c2ccncc2C1=O. The summed E-state index contributed by atoms with van der Waals surface area (Å²) in [6.07, 6.45) is 2.96. The molecule has 0 aliphatic carbocycles. The smallest absolute Gasteiger partial charge is 0.263 e. The molecule has 1 aliphatic heterocycles. The van der Waals surface area contributed by atoms with E-state index in [-0.39, 0.29) is 11.8 Å². The topological polar surface area (TPSA) is 62.3 Å². The van der Waals surface area contributed by atoms with Crippen LogP contribution < -0.4 is 5.32 Å². The van der Waals surface area contributed by atoms with Crippen LogP contribution in [-0.2, 0) is 0 Å². The average molecular weight is 205 g/mol. The molecule has 0 unspecified atom stereocenters. The van der Waals surface area contributed by atoms with E-state index in [4.69, 9.17) is 0 Å². The largest absolute Gasteiger partial charge is 0.318 e. The quantitative estimate of drug-likeness (QED) is 0.700. The lowest BCUT2D eigenvalue weighted by atomic mass is 10.2. The van der Waals surface area contributed by atoms with Crippen LogP contribution in [0.1, 0.15) is 20.7 Å². The van der Waals surface area contributed by atoms with Gasteiger partial charge in [0.2, 0.25) is 0 Å². The highest BCUT2D eigenvalue weighted by atomic mass is 16.2. The summed E-state index contributed by atoms with van der Waals surface area (Å²) in [7, 11) is 1.78. The third kappa shape index (κ3) is 1.50. The summed E-state index contributed by atoms with van der Waals surface area (Å²) in [5.41, 5.74) is 0.852. The lowest BCUT2D eigenvalue weighted by Crippen LogP contribution is -2.35. The van der Waals surface area contributed by atoms with Crippen LogP contribution in [0.25, 0.3) is 0 Å². The minimum absolute atomic E-state index is 0.229. The molecule has 5 nitrogen and oxygen atoms in total. The molecule has 78 valence electrons. The van der Waals surface area contributed by atoms with Gasteiger partial charge in [-0.2, -0.15) is 0 Å². The van der Waals surface area contributed by atoms with Crippen LogP contribution in [0.3, 0.4) is 0 Å². The molecule has 0 atom stereocenters. The van der Waals surface area contributed by atoms with Gasteiger partial charge in [0, 0.05) is 25.5 Å². The van der Waals surface area contributed by atoms with E-state index in [9.17, 15) is 9.59 Å². The van der Waals surface area contributed by atoms with Crippen molar-refractivity contribution < 1.29 is 9.59 Å². The molecule has 2 rings (SSSR count). The predicted molar refractivity (Wildman–Crippen MR) is 53.5 cm³/mol. The Morgan fingerprint density at radius 1 is 1.33 bits per heavy atom. The molecule has 0 bridgehead atoms. The van der Waals surface area contributed by atoms with E-state index in [0.717, 1.165) is 0 Å². The normalized spacial score (nSPS) is 14.6. The Bertz CT molecular complexity index is 382. The number of carbonyl (C=O) groups excluding carboxylic acids is 2. The van der Waals surface area contributed by atoms with Gasteiger partial charge in [0.25, 0.3) is 11.8 Å². The van der Waals surface area contributed by atoms with Crippen LogP contribution in [0.15, 0.2) is 18.5 Å². The van der Waals surface area contributed by atoms with Crippen molar-refractivity contribution in [3.63, 3.8) is 0 Å². The Labute approximate surface area is 87.1 Å². The second-order valence-corrected chi connectivity index (χ2v) is 3.29. The summed E-state index contributed by atoms with van der Waals surface area (Å²) in [6, 6.07) is 1.58. The van der Waals surface area contributed by atoms with Gasteiger partial charge in [-0.25, -0.2) is 0 Å². The van der Waals surface area contributed by atoms with Crippen LogP contribution in [0.4, 0.5) is 0 Å². The van der Waals surface area contributed by atoms with E-state index in [1.807, 2.05) is 0 Å². The first kappa shape index (κ1) is 9.79. The number of pyridine rings is 1. The minimum Gasteiger partial charge on any atom is -0.318 e. The molecule has 1 N–H and O–H groups in total. The van der Waals surface area contributed by atoms with E-state index in [0.29, 0.717) is 24.2 Å². The third-order valence-corrected chi connectivity index (χ3v) is 2.36. The number of imide groups is 1. The molecule has 0 saturated heterocycles. The van der Waals surface area contributed by atoms with Gasteiger partial charge in [-0.1, -0.05) is 0 Å². The van der Waals surface area contributed by atoms with Crippen molar-refractivity contribution in [2.24, 2.45) is 0 Å². The zero-order valence-electron chi connectivity index (χ0n) is 8.36. The van der Waals surface area contributed by atoms with Crippen molar-refractivity contribution in [1.29, 1.82) is 0 Å². The van der Waals surface area contributed by atoms with Crippen molar-refractivity contribution in [2.75, 3.05) is 20.1 Å². The summed E-state index contributed by atoms with van der Waals surface area (Å²) >= 11 is 0. The van der Waals surface area contributed by atoms with Gasteiger partial charge in [0.05, 0.1) is 11.1 Å². The van der Waals surface area contributed by atoms with Gasteiger partial charge in [-0.15, -0.1) is 0 Å². The number of fused-ring (bicyclic) bond motifs is 1. The molecule has 5 heteroatoms. The van der Waals surface area contributed by atoms with E-state index >= 15 is 0 Å². The molecule has 0 aromatic carbocycles. The summed E-state index contributed by atoms with van der Waals surface area (Å²) in [4.78, 5) is 28.6. The van der Waals surface area contributed by atoms with Gasteiger partial charge < -0.3 is 5.32 Å². The summed E-state index contributed by atoms with van der Waals surface area (Å²) in [5.74, 6) is -0.481. The monoisotopic (exact) mass is 205 g/mol. The fraction of sp³-hybridized carbons (Fsp3) is 0.300. The molecular weight excluding hydrogens is 194 g/mol. The third-order valence-electron chi connectivity index (χ3n) is 2.36. The van der Waals surface area contributed by atoms with Gasteiger partial charge in [-0.3, -0.25) is 19.5 Å². The fourth-order valence-electron chi connectivity index (χ4n) is 1.56. The molecule has 0 spiro atoms. The van der Waals surface area contributed by atoms with Gasteiger partial charge in [-0.05, 0) is 13.1 Å². The second kappa shape index (κ2) is 3.78. The number of amides is 2. The number of nitrogens with zero attached hydrogens (tertiary/aromatic N) is 2. The molecule has 0 radical (unpaired) electrons. The highest BCUT2D eigenvalue weighted by Gasteiger charge is 2.34. The lowest BCUT2D eigenvalue weighted by Gasteiger charge is -2.12. The van der Waals surface area contributed by atoms with E-state index in [2.05, 4.69) is 10.3 Å². The Hall–Kier alpha value is -1.75. The molecule has 2 heterocycles. The van der Waals surface area contributed by atoms with Crippen LogP contribution in [0, 0.1) is 0 Å². The molecule has 15 heavy (non-hydrogen) atoms. The average Bonchev–Trinajstić information content (AvgIpc) is 2.51. The van der Waals surface area contributed by atoms with Gasteiger partial charge >= 0.3 is 0 Å². The standard InChI is InChI=1S/C10H11N3O2/c1-11-4-5-13-9(14)7-2-3-12-6-8(7)10(13)15/h2-3,6,11H,4-5H2,1H3. The summed E-state index contributed by atoms with van der Waals surface area (Å²) in [6.45, 7) is 0.988. The maximum absolute atomic E-state index is 11.8. The molecule has 1 aliphatic rings. The second-order valence-electron chi connectivity index (χ2n) is 3.29. The van der Waals surface area contributed by atoms with Crippen molar-refractivity contribution in [2.45, 2.75) is 0 Å². The summed E-state index contributed by atoms with van der Waals surface area (Å²) in [5, 5.41) is 2.90. The Morgan fingerprint density at radius 2 is 2.07 bits per heavy atom. The van der Waals surface area contributed by atoms with Crippen LogP contribution >= 0.6 is 0 Å². The zero-order chi connectivity index (χ0) is 10.8. The van der Waals surface area contributed by atoms with E-state index in [1.165, 1.54) is 17.3 Å². The Kier molecular flexibility index (Phi) is 2.47. The highest BCUT2D eigenvalue weighted by molar-refractivity contribution is 6.21. The van der Waals surface area contributed by atoms with Crippen molar-refractivity contribution >= 4 is 11.8 Å². The maximum atomic E-state index is 11.8. The van der Waals surface area contributed by atoms with E-state index < -0.39 is 0 Å². The number of aromatic nitrogens is 1. The highest BCUT2D eigenvalue weighted by Crippen LogP contribution is 2.20. The number of carbonyl (C=O) groups is 2. The van der Waals surface area contributed by atoms with Crippen molar-refractivity contribution in [1.82, 2.24) is 15.2 Å². The first-order valence-corrected chi connectivity index (χ1v) is 4.70. The van der Waals surface area contributed by atoms with Gasteiger partial charge in [0.15, 0.2) is 0 Å². The first-order valence-electron chi connectivity index (χ1n) is 4.70. The zero-order valence-corrected chi connectivity index (χ0v) is 8.36. The van der Waals surface area contributed by atoms with Gasteiger partial charge in [0.1, 0.15) is 0 Å². The Balaban J connectivity index is 2.29. The Morgan fingerprint density at radius 3 is 2.73 bits per heavy atom. The number of hydrogen-bond acceptors (Lipinski definition) is 4. The molecule has 0 fully saturated rings.